The van der Waals surface area contributed by atoms with Crippen LogP contribution < -0.4 is 18.9 Å². The first-order valence-corrected chi connectivity index (χ1v) is 6.57. The summed E-state index contributed by atoms with van der Waals surface area (Å²) in [5.74, 6) is 2.13. The van der Waals surface area contributed by atoms with Gasteiger partial charge in [-0.15, -0.1) is 0 Å². The van der Waals surface area contributed by atoms with Gasteiger partial charge in [-0.2, -0.15) is 5.26 Å². The number of hydrogen-bond acceptors (Lipinski definition) is 5. The summed E-state index contributed by atoms with van der Waals surface area (Å²) in [6.07, 6.45) is 0. The molecule has 0 bridgehead atoms. The number of nitrogens with zero attached hydrogens (tertiary/aromatic N) is 1. The molecule has 0 fully saturated rings. The second-order valence-corrected chi connectivity index (χ2v) is 4.41. The Labute approximate surface area is 129 Å². The third-order valence-corrected chi connectivity index (χ3v) is 3.32. The predicted octanol–water partition coefficient (Wildman–Crippen LogP) is 3.26. The molecule has 5 heteroatoms. The second kappa shape index (κ2) is 6.72. The van der Waals surface area contributed by atoms with Crippen molar-refractivity contribution in [3.8, 4) is 40.2 Å². The fourth-order valence-corrected chi connectivity index (χ4v) is 2.28. The molecule has 0 amide bonds. The van der Waals surface area contributed by atoms with Crippen LogP contribution in [0.1, 0.15) is 5.56 Å². The first-order valence-electron chi connectivity index (χ1n) is 6.57. The van der Waals surface area contributed by atoms with Crippen LogP contribution in [0.15, 0.2) is 30.3 Å². The molecule has 0 saturated carbocycles. The van der Waals surface area contributed by atoms with E-state index in [1.54, 1.807) is 46.6 Å². The Morgan fingerprint density at radius 3 is 1.82 bits per heavy atom. The van der Waals surface area contributed by atoms with Crippen LogP contribution in [-0.4, -0.2) is 28.4 Å². The van der Waals surface area contributed by atoms with Crippen molar-refractivity contribution in [1.29, 1.82) is 5.26 Å². The molecule has 0 radical (unpaired) electrons. The number of hydrogen-bond donors (Lipinski definition) is 0. The molecule has 0 atom stereocenters. The zero-order valence-electron chi connectivity index (χ0n) is 13.0. The zero-order chi connectivity index (χ0) is 16.1. The minimum atomic E-state index is 0.491. The molecule has 0 heterocycles. The Morgan fingerprint density at radius 2 is 1.36 bits per heavy atom. The SMILES string of the molecule is COc1cc(OC)c(-c2ccc(C#N)cc2)c(OC)c1OC. The van der Waals surface area contributed by atoms with Crippen molar-refractivity contribution in [1.82, 2.24) is 0 Å². The minimum absolute atomic E-state index is 0.491. The Balaban J connectivity index is 2.74. The molecular weight excluding hydrogens is 282 g/mol. The maximum absolute atomic E-state index is 8.92. The topological polar surface area (TPSA) is 60.7 Å². The molecular formula is C17H17NO4. The highest BCUT2D eigenvalue weighted by Gasteiger charge is 2.22. The summed E-state index contributed by atoms with van der Waals surface area (Å²) in [6, 6.07) is 11.0. The molecule has 0 saturated heterocycles. The summed E-state index contributed by atoms with van der Waals surface area (Å²) in [7, 11) is 6.24. The van der Waals surface area contributed by atoms with Crippen LogP contribution >= 0.6 is 0 Å². The molecule has 0 aliphatic carbocycles. The lowest BCUT2D eigenvalue weighted by atomic mass is 10.0. The van der Waals surface area contributed by atoms with Gasteiger partial charge < -0.3 is 18.9 Å². The number of nitriles is 1. The molecule has 0 unspecified atom stereocenters. The van der Waals surface area contributed by atoms with Crippen LogP contribution in [0.25, 0.3) is 11.1 Å². The Hall–Kier alpha value is -2.87. The highest BCUT2D eigenvalue weighted by molar-refractivity contribution is 5.82. The summed E-state index contributed by atoms with van der Waals surface area (Å²) in [5.41, 5.74) is 2.18. The van der Waals surface area contributed by atoms with E-state index in [2.05, 4.69) is 6.07 Å². The molecule has 2 aromatic rings. The monoisotopic (exact) mass is 299 g/mol. The molecule has 0 aromatic heterocycles. The Kier molecular flexibility index (Phi) is 4.74. The quantitative estimate of drug-likeness (QED) is 0.848. The van der Waals surface area contributed by atoms with Crippen LogP contribution in [-0.2, 0) is 0 Å². The lowest BCUT2D eigenvalue weighted by Crippen LogP contribution is -1.99. The summed E-state index contributed by atoms with van der Waals surface area (Å²) in [6.45, 7) is 0. The van der Waals surface area contributed by atoms with E-state index in [4.69, 9.17) is 24.2 Å². The summed E-state index contributed by atoms with van der Waals surface area (Å²) in [4.78, 5) is 0. The van der Waals surface area contributed by atoms with Gasteiger partial charge in [-0.3, -0.25) is 0 Å². The van der Waals surface area contributed by atoms with Gasteiger partial charge >= 0.3 is 0 Å². The van der Waals surface area contributed by atoms with Crippen molar-refractivity contribution in [2.45, 2.75) is 0 Å². The largest absolute Gasteiger partial charge is 0.496 e. The highest BCUT2D eigenvalue weighted by atomic mass is 16.5. The van der Waals surface area contributed by atoms with E-state index in [-0.39, 0.29) is 0 Å². The number of rotatable bonds is 5. The van der Waals surface area contributed by atoms with Crippen molar-refractivity contribution >= 4 is 0 Å². The van der Waals surface area contributed by atoms with Crippen molar-refractivity contribution in [2.24, 2.45) is 0 Å². The maximum Gasteiger partial charge on any atom is 0.204 e. The number of methoxy groups -OCH3 is 4. The summed E-state index contributed by atoms with van der Waals surface area (Å²) >= 11 is 0. The van der Waals surface area contributed by atoms with Crippen molar-refractivity contribution < 1.29 is 18.9 Å². The second-order valence-electron chi connectivity index (χ2n) is 4.41. The molecule has 114 valence electrons. The van der Waals surface area contributed by atoms with Crippen molar-refractivity contribution in [2.75, 3.05) is 28.4 Å². The van der Waals surface area contributed by atoms with Gasteiger partial charge in [-0.25, -0.2) is 0 Å². The zero-order valence-corrected chi connectivity index (χ0v) is 13.0. The summed E-state index contributed by atoms with van der Waals surface area (Å²) in [5, 5.41) is 8.92. The first-order chi connectivity index (χ1) is 10.7. The lowest BCUT2D eigenvalue weighted by molar-refractivity contribution is 0.320. The van der Waals surface area contributed by atoms with Gasteiger partial charge in [0.15, 0.2) is 11.5 Å². The van der Waals surface area contributed by atoms with Gasteiger partial charge in [0, 0.05) is 6.07 Å². The standard InChI is InChI=1S/C17H17NO4/c1-19-13-9-14(20-2)16(21-3)17(22-4)15(13)12-7-5-11(10-18)6-8-12/h5-9H,1-4H3. The van der Waals surface area contributed by atoms with Crippen LogP contribution in [0.4, 0.5) is 0 Å². The van der Waals surface area contributed by atoms with Gasteiger partial charge in [0.1, 0.15) is 5.75 Å². The fraction of sp³-hybridized carbons (Fsp3) is 0.235. The number of ether oxygens (including phenoxy) is 4. The average molecular weight is 299 g/mol. The molecule has 0 spiro atoms. The Bertz CT molecular complexity index is 702. The molecule has 0 N–H and O–H groups in total. The normalized spacial score (nSPS) is 9.77. The van der Waals surface area contributed by atoms with Crippen LogP contribution in [0.5, 0.6) is 23.0 Å². The number of benzene rings is 2. The molecule has 0 aliphatic rings. The van der Waals surface area contributed by atoms with Gasteiger partial charge in [0.05, 0.1) is 45.6 Å². The highest BCUT2D eigenvalue weighted by Crippen LogP contribution is 2.49. The van der Waals surface area contributed by atoms with Crippen molar-refractivity contribution in [3.63, 3.8) is 0 Å². The maximum atomic E-state index is 8.92. The third kappa shape index (κ3) is 2.63. The van der Waals surface area contributed by atoms with E-state index in [1.165, 1.54) is 0 Å². The summed E-state index contributed by atoms with van der Waals surface area (Å²) < 4.78 is 21.7. The molecule has 2 aromatic carbocycles. The van der Waals surface area contributed by atoms with E-state index in [9.17, 15) is 0 Å². The van der Waals surface area contributed by atoms with E-state index in [0.29, 0.717) is 28.6 Å². The molecule has 0 aliphatic heterocycles. The molecule has 2 rings (SSSR count). The van der Waals surface area contributed by atoms with Crippen molar-refractivity contribution in [3.05, 3.63) is 35.9 Å². The van der Waals surface area contributed by atoms with E-state index in [0.717, 1.165) is 11.1 Å². The van der Waals surface area contributed by atoms with Crippen LogP contribution in [0.2, 0.25) is 0 Å². The smallest absolute Gasteiger partial charge is 0.204 e. The average Bonchev–Trinajstić information content (AvgIpc) is 2.59. The van der Waals surface area contributed by atoms with Gasteiger partial charge in [-0.1, -0.05) is 12.1 Å². The van der Waals surface area contributed by atoms with Gasteiger partial charge in [0.2, 0.25) is 5.75 Å². The third-order valence-electron chi connectivity index (χ3n) is 3.32. The minimum Gasteiger partial charge on any atom is -0.496 e. The molecule has 22 heavy (non-hydrogen) atoms. The van der Waals surface area contributed by atoms with Gasteiger partial charge in [0.25, 0.3) is 0 Å². The lowest BCUT2D eigenvalue weighted by Gasteiger charge is -2.19. The fourth-order valence-electron chi connectivity index (χ4n) is 2.28. The van der Waals surface area contributed by atoms with Crippen LogP contribution in [0.3, 0.4) is 0 Å². The van der Waals surface area contributed by atoms with E-state index in [1.807, 2.05) is 12.1 Å². The van der Waals surface area contributed by atoms with E-state index < -0.39 is 0 Å². The first kappa shape index (κ1) is 15.5. The Morgan fingerprint density at radius 1 is 0.773 bits per heavy atom. The molecule has 5 nitrogen and oxygen atoms in total. The predicted molar refractivity (Wildman–Crippen MR) is 82.8 cm³/mol. The van der Waals surface area contributed by atoms with Crippen LogP contribution in [0, 0.1) is 11.3 Å². The van der Waals surface area contributed by atoms with Gasteiger partial charge in [-0.05, 0) is 17.7 Å². The van der Waals surface area contributed by atoms with E-state index >= 15 is 0 Å².